The van der Waals surface area contributed by atoms with E-state index in [1.54, 1.807) is 24.3 Å². The van der Waals surface area contributed by atoms with Crippen molar-refractivity contribution in [1.82, 2.24) is 0 Å². The molecule has 0 unspecified atom stereocenters. The van der Waals surface area contributed by atoms with E-state index in [2.05, 4.69) is 0 Å². The Kier molecular flexibility index (Phi) is 4.05. The molecule has 15 heavy (non-hydrogen) atoms. The van der Waals surface area contributed by atoms with Gasteiger partial charge in [-0.1, -0.05) is 12.1 Å². The molecule has 0 atom stereocenters. The molecule has 0 spiro atoms. The lowest BCUT2D eigenvalue weighted by Gasteiger charge is -2.13. The van der Waals surface area contributed by atoms with Crippen molar-refractivity contribution in [3.05, 3.63) is 35.4 Å². The first-order valence-electron chi connectivity index (χ1n) is 4.33. The Bertz CT molecular complexity index is 400. The zero-order chi connectivity index (χ0) is 11.3. The van der Waals surface area contributed by atoms with E-state index in [4.69, 9.17) is 14.3 Å². The molecule has 0 radical (unpaired) electrons. The molecule has 0 bridgehead atoms. The Morgan fingerprint density at radius 1 is 1.27 bits per heavy atom. The molecule has 0 fully saturated rings. The third kappa shape index (κ3) is 3.17. The molecule has 1 rings (SSSR count). The molecule has 0 heterocycles. The maximum absolute atomic E-state index is 11.8. The van der Waals surface area contributed by atoms with Gasteiger partial charge < -0.3 is 9.05 Å². The first-order chi connectivity index (χ1) is 7.13. The minimum Gasteiger partial charge on any atom is -0.312 e. The van der Waals surface area contributed by atoms with E-state index in [0.29, 0.717) is 5.56 Å². The molecular formula is C10H12NO3P. The number of hydrogen-bond acceptors (Lipinski definition) is 4. The van der Waals surface area contributed by atoms with Gasteiger partial charge in [0.15, 0.2) is 0 Å². The normalized spacial score (nSPS) is 11.0. The first-order valence-corrected chi connectivity index (χ1v) is 6.06. The quantitative estimate of drug-likeness (QED) is 0.739. The van der Waals surface area contributed by atoms with Crippen LogP contribution in [0.2, 0.25) is 0 Å². The largest absolute Gasteiger partial charge is 0.334 e. The Labute approximate surface area is 89.0 Å². The van der Waals surface area contributed by atoms with Crippen molar-refractivity contribution >= 4 is 7.60 Å². The Balaban J connectivity index is 2.82. The molecule has 0 aliphatic rings. The summed E-state index contributed by atoms with van der Waals surface area (Å²) < 4.78 is 21.4. The molecule has 1 aromatic rings. The highest BCUT2D eigenvalue weighted by Gasteiger charge is 2.21. The lowest BCUT2D eigenvalue weighted by atomic mass is 10.2. The van der Waals surface area contributed by atoms with E-state index in [9.17, 15) is 4.57 Å². The second-order valence-corrected chi connectivity index (χ2v) is 5.21. The summed E-state index contributed by atoms with van der Waals surface area (Å²) in [7, 11) is -0.299. The van der Waals surface area contributed by atoms with Crippen LogP contribution in [0, 0.1) is 11.3 Å². The van der Waals surface area contributed by atoms with E-state index in [-0.39, 0.29) is 6.16 Å². The van der Waals surface area contributed by atoms with Crippen LogP contribution in [-0.2, 0) is 19.8 Å². The van der Waals surface area contributed by atoms with Crippen molar-refractivity contribution in [2.24, 2.45) is 0 Å². The highest BCUT2D eigenvalue weighted by atomic mass is 31.2. The molecule has 0 amide bonds. The summed E-state index contributed by atoms with van der Waals surface area (Å²) in [4.78, 5) is 0. The van der Waals surface area contributed by atoms with E-state index < -0.39 is 7.60 Å². The highest BCUT2D eigenvalue weighted by molar-refractivity contribution is 7.52. The molecule has 0 aromatic heterocycles. The molecule has 0 saturated carbocycles. The third-order valence-corrected chi connectivity index (χ3v) is 3.88. The summed E-state index contributed by atoms with van der Waals surface area (Å²) in [5.74, 6) is 0. The Morgan fingerprint density at radius 2 is 1.80 bits per heavy atom. The Hall–Kier alpha value is -1.14. The number of rotatable bonds is 4. The first kappa shape index (κ1) is 11.9. The van der Waals surface area contributed by atoms with E-state index in [1.165, 1.54) is 14.2 Å². The molecule has 1 aromatic carbocycles. The third-order valence-electron chi connectivity index (χ3n) is 2.02. The van der Waals surface area contributed by atoms with Crippen molar-refractivity contribution in [3.8, 4) is 6.07 Å². The van der Waals surface area contributed by atoms with Crippen molar-refractivity contribution in [1.29, 1.82) is 5.26 Å². The second kappa shape index (κ2) is 5.09. The second-order valence-electron chi connectivity index (χ2n) is 2.94. The van der Waals surface area contributed by atoms with Crippen LogP contribution in [0.3, 0.4) is 0 Å². The maximum atomic E-state index is 11.8. The van der Waals surface area contributed by atoms with Gasteiger partial charge in [0.05, 0.1) is 17.8 Å². The van der Waals surface area contributed by atoms with Crippen molar-refractivity contribution in [3.63, 3.8) is 0 Å². The maximum Gasteiger partial charge on any atom is 0.334 e. The smallest absolute Gasteiger partial charge is 0.312 e. The number of benzene rings is 1. The van der Waals surface area contributed by atoms with Crippen molar-refractivity contribution in [2.75, 3.05) is 14.2 Å². The number of nitriles is 1. The SMILES string of the molecule is COP(=O)(Cc1ccc(C#N)cc1)OC. The molecule has 0 saturated heterocycles. The van der Waals surface area contributed by atoms with Crippen LogP contribution in [0.4, 0.5) is 0 Å². The van der Waals surface area contributed by atoms with Crippen LogP contribution in [0.5, 0.6) is 0 Å². The van der Waals surface area contributed by atoms with Gasteiger partial charge >= 0.3 is 7.60 Å². The topological polar surface area (TPSA) is 59.3 Å². The van der Waals surface area contributed by atoms with Crippen LogP contribution >= 0.6 is 7.60 Å². The fraction of sp³-hybridized carbons (Fsp3) is 0.300. The molecule has 4 nitrogen and oxygen atoms in total. The molecule has 0 aliphatic heterocycles. The van der Waals surface area contributed by atoms with Gasteiger partial charge in [0.1, 0.15) is 0 Å². The van der Waals surface area contributed by atoms with Gasteiger partial charge in [0, 0.05) is 14.2 Å². The van der Waals surface area contributed by atoms with Crippen LogP contribution in [0.15, 0.2) is 24.3 Å². The summed E-state index contributed by atoms with van der Waals surface area (Å²) in [6, 6.07) is 8.84. The molecule has 5 heteroatoms. The standard InChI is InChI=1S/C10H12NO3P/c1-13-15(12,14-2)8-10-5-3-9(7-11)4-6-10/h3-6H,8H2,1-2H3. The van der Waals surface area contributed by atoms with Gasteiger partial charge in [-0.15, -0.1) is 0 Å². The minimum absolute atomic E-state index is 0.214. The van der Waals surface area contributed by atoms with Gasteiger partial charge in [0.2, 0.25) is 0 Å². The van der Waals surface area contributed by atoms with Crippen molar-refractivity contribution in [2.45, 2.75) is 6.16 Å². The zero-order valence-electron chi connectivity index (χ0n) is 8.64. The lowest BCUT2D eigenvalue weighted by Crippen LogP contribution is -1.93. The average molecular weight is 225 g/mol. The zero-order valence-corrected chi connectivity index (χ0v) is 9.53. The predicted molar refractivity (Wildman–Crippen MR) is 56.5 cm³/mol. The van der Waals surface area contributed by atoms with Crippen LogP contribution in [-0.4, -0.2) is 14.2 Å². The van der Waals surface area contributed by atoms with Crippen LogP contribution < -0.4 is 0 Å². The fourth-order valence-corrected chi connectivity index (χ4v) is 2.18. The summed E-state index contributed by atoms with van der Waals surface area (Å²) in [5.41, 5.74) is 1.39. The highest BCUT2D eigenvalue weighted by Crippen LogP contribution is 2.49. The van der Waals surface area contributed by atoms with Crippen LogP contribution in [0.1, 0.15) is 11.1 Å². The van der Waals surface area contributed by atoms with E-state index in [1.807, 2.05) is 6.07 Å². The fourth-order valence-electron chi connectivity index (χ4n) is 1.11. The number of nitrogens with zero attached hydrogens (tertiary/aromatic N) is 1. The van der Waals surface area contributed by atoms with E-state index >= 15 is 0 Å². The Morgan fingerprint density at radius 3 is 2.20 bits per heavy atom. The molecule has 0 N–H and O–H groups in total. The van der Waals surface area contributed by atoms with Gasteiger partial charge in [-0.05, 0) is 17.7 Å². The lowest BCUT2D eigenvalue weighted by molar-refractivity contribution is 0.275. The molecule has 0 aliphatic carbocycles. The predicted octanol–water partition coefficient (Wildman–Crippen LogP) is 2.54. The monoisotopic (exact) mass is 225 g/mol. The van der Waals surface area contributed by atoms with E-state index in [0.717, 1.165) is 5.56 Å². The molecule has 80 valence electrons. The summed E-state index contributed by atoms with van der Waals surface area (Å²) in [5, 5.41) is 8.60. The van der Waals surface area contributed by atoms with Gasteiger partial charge in [-0.25, -0.2) is 0 Å². The van der Waals surface area contributed by atoms with Crippen molar-refractivity contribution < 1.29 is 13.6 Å². The average Bonchev–Trinajstić information content (AvgIpc) is 2.30. The molecular weight excluding hydrogens is 213 g/mol. The van der Waals surface area contributed by atoms with Gasteiger partial charge in [-0.2, -0.15) is 5.26 Å². The summed E-state index contributed by atoms with van der Waals surface area (Å²) in [6.07, 6.45) is 0.214. The minimum atomic E-state index is -3.01. The van der Waals surface area contributed by atoms with Crippen LogP contribution in [0.25, 0.3) is 0 Å². The number of hydrogen-bond donors (Lipinski definition) is 0. The summed E-state index contributed by atoms with van der Waals surface area (Å²) in [6.45, 7) is 0. The van der Waals surface area contributed by atoms with Gasteiger partial charge in [-0.3, -0.25) is 4.57 Å². The van der Waals surface area contributed by atoms with Gasteiger partial charge in [0.25, 0.3) is 0 Å². The summed E-state index contributed by atoms with van der Waals surface area (Å²) >= 11 is 0.